The Balaban J connectivity index is 2.41. The Morgan fingerprint density at radius 1 is 1.41 bits per heavy atom. The van der Waals surface area contributed by atoms with Gasteiger partial charge in [-0.25, -0.2) is 0 Å². The van der Waals surface area contributed by atoms with Crippen molar-refractivity contribution in [3.8, 4) is 5.75 Å². The predicted molar refractivity (Wildman–Crippen MR) is 68.5 cm³/mol. The SMILES string of the molecule is COc1ccc2c(c1)CCCC2C(C)(C)C=O. The number of carbonyl (C=O) groups is 1. The molecule has 0 radical (unpaired) electrons. The highest BCUT2D eigenvalue weighted by atomic mass is 16.5. The molecule has 0 bridgehead atoms. The van der Waals surface area contributed by atoms with Crippen molar-refractivity contribution in [1.29, 1.82) is 0 Å². The molecule has 1 aromatic rings. The average Bonchev–Trinajstić information content (AvgIpc) is 2.37. The summed E-state index contributed by atoms with van der Waals surface area (Å²) in [7, 11) is 1.69. The Kier molecular flexibility index (Phi) is 3.23. The molecule has 2 heteroatoms. The van der Waals surface area contributed by atoms with E-state index in [0.717, 1.165) is 31.3 Å². The maximum atomic E-state index is 11.2. The Bertz CT molecular complexity index is 421. The van der Waals surface area contributed by atoms with Crippen molar-refractivity contribution < 1.29 is 9.53 Å². The van der Waals surface area contributed by atoms with Gasteiger partial charge in [0.1, 0.15) is 12.0 Å². The van der Waals surface area contributed by atoms with Crippen LogP contribution in [0.3, 0.4) is 0 Å². The van der Waals surface area contributed by atoms with Gasteiger partial charge >= 0.3 is 0 Å². The third-order valence-corrected chi connectivity index (χ3v) is 3.87. The molecule has 92 valence electrons. The zero-order chi connectivity index (χ0) is 12.5. The first kappa shape index (κ1) is 12.2. The van der Waals surface area contributed by atoms with Gasteiger partial charge in [-0.2, -0.15) is 0 Å². The van der Waals surface area contributed by atoms with Crippen molar-refractivity contribution in [2.75, 3.05) is 7.11 Å². The van der Waals surface area contributed by atoms with Crippen LogP contribution in [-0.2, 0) is 11.2 Å². The van der Waals surface area contributed by atoms with Gasteiger partial charge in [-0.15, -0.1) is 0 Å². The van der Waals surface area contributed by atoms with Gasteiger partial charge in [-0.3, -0.25) is 0 Å². The first-order chi connectivity index (χ1) is 8.08. The number of carbonyl (C=O) groups excluding carboxylic acids is 1. The predicted octanol–water partition coefficient (Wildman–Crippen LogP) is 3.34. The fraction of sp³-hybridized carbons (Fsp3) is 0.533. The fourth-order valence-electron chi connectivity index (χ4n) is 2.77. The van der Waals surface area contributed by atoms with Crippen LogP contribution in [0.5, 0.6) is 5.75 Å². The summed E-state index contributed by atoms with van der Waals surface area (Å²) >= 11 is 0. The smallest absolute Gasteiger partial charge is 0.126 e. The molecule has 0 heterocycles. The highest BCUT2D eigenvalue weighted by Crippen LogP contribution is 2.43. The number of hydrogen-bond donors (Lipinski definition) is 0. The minimum absolute atomic E-state index is 0.274. The molecule has 1 atom stereocenters. The quantitative estimate of drug-likeness (QED) is 0.747. The zero-order valence-corrected chi connectivity index (χ0v) is 10.8. The third-order valence-electron chi connectivity index (χ3n) is 3.87. The van der Waals surface area contributed by atoms with Gasteiger partial charge in [0.25, 0.3) is 0 Å². The number of methoxy groups -OCH3 is 1. The van der Waals surface area contributed by atoms with Gasteiger partial charge < -0.3 is 9.53 Å². The summed E-state index contributed by atoms with van der Waals surface area (Å²) in [6.45, 7) is 4.06. The maximum Gasteiger partial charge on any atom is 0.126 e. The molecule has 0 aliphatic heterocycles. The lowest BCUT2D eigenvalue weighted by molar-refractivity contribution is -0.115. The van der Waals surface area contributed by atoms with Crippen molar-refractivity contribution in [1.82, 2.24) is 0 Å². The minimum atomic E-state index is -0.274. The van der Waals surface area contributed by atoms with Crippen LogP contribution < -0.4 is 4.74 Å². The molecule has 0 N–H and O–H groups in total. The molecule has 1 unspecified atom stereocenters. The van der Waals surface area contributed by atoms with E-state index in [4.69, 9.17) is 4.74 Å². The normalized spacial score (nSPS) is 19.6. The average molecular weight is 232 g/mol. The summed E-state index contributed by atoms with van der Waals surface area (Å²) in [5.74, 6) is 1.25. The molecule has 1 aromatic carbocycles. The number of hydrogen-bond acceptors (Lipinski definition) is 2. The molecule has 1 aliphatic rings. The molecular formula is C15H20O2. The molecule has 0 saturated heterocycles. The summed E-state index contributed by atoms with van der Waals surface area (Å²) < 4.78 is 5.26. The van der Waals surface area contributed by atoms with Gasteiger partial charge in [0.2, 0.25) is 0 Å². The summed E-state index contributed by atoms with van der Waals surface area (Å²) in [6.07, 6.45) is 4.45. The van der Waals surface area contributed by atoms with E-state index >= 15 is 0 Å². The van der Waals surface area contributed by atoms with Crippen molar-refractivity contribution in [2.24, 2.45) is 5.41 Å². The van der Waals surface area contributed by atoms with E-state index in [1.807, 2.05) is 19.9 Å². The van der Waals surface area contributed by atoms with E-state index < -0.39 is 0 Å². The first-order valence-corrected chi connectivity index (χ1v) is 6.21. The molecule has 2 rings (SSSR count). The lowest BCUT2D eigenvalue weighted by Gasteiger charge is -2.34. The van der Waals surface area contributed by atoms with Crippen LogP contribution in [0.1, 0.15) is 43.7 Å². The zero-order valence-electron chi connectivity index (χ0n) is 10.8. The van der Waals surface area contributed by atoms with Crippen molar-refractivity contribution in [3.05, 3.63) is 29.3 Å². The number of aldehydes is 1. The summed E-state index contributed by atoms with van der Waals surface area (Å²) in [5, 5.41) is 0. The first-order valence-electron chi connectivity index (χ1n) is 6.21. The number of benzene rings is 1. The van der Waals surface area contributed by atoms with Crippen LogP contribution >= 0.6 is 0 Å². The maximum absolute atomic E-state index is 11.2. The molecule has 0 amide bonds. The lowest BCUT2D eigenvalue weighted by Crippen LogP contribution is -2.27. The monoisotopic (exact) mass is 232 g/mol. The van der Waals surface area contributed by atoms with Crippen molar-refractivity contribution in [2.45, 2.75) is 39.0 Å². The Labute approximate surface area is 103 Å². The fourth-order valence-corrected chi connectivity index (χ4v) is 2.77. The van der Waals surface area contributed by atoms with Gasteiger partial charge in [0, 0.05) is 5.41 Å². The minimum Gasteiger partial charge on any atom is -0.497 e. The van der Waals surface area contributed by atoms with Crippen LogP contribution in [0.15, 0.2) is 18.2 Å². The lowest BCUT2D eigenvalue weighted by atomic mass is 9.69. The Hall–Kier alpha value is -1.31. The summed E-state index contributed by atoms with van der Waals surface area (Å²) in [5.41, 5.74) is 2.40. The van der Waals surface area contributed by atoms with E-state index in [0.29, 0.717) is 5.92 Å². The second kappa shape index (κ2) is 4.52. The van der Waals surface area contributed by atoms with Crippen molar-refractivity contribution >= 4 is 6.29 Å². The third kappa shape index (κ3) is 2.21. The highest BCUT2D eigenvalue weighted by Gasteiger charge is 2.33. The van der Waals surface area contributed by atoms with Gasteiger partial charge in [-0.1, -0.05) is 19.9 Å². The molecule has 0 spiro atoms. The number of aryl methyl sites for hydroxylation is 1. The van der Waals surface area contributed by atoms with Gasteiger partial charge in [0.05, 0.1) is 7.11 Å². The van der Waals surface area contributed by atoms with Crippen LogP contribution in [0.2, 0.25) is 0 Å². The largest absolute Gasteiger partial charge is 0.497 e. The van der Waals surface area contributed by atoms with Gasteiger partial charge in [-0.05, 0) is 48.4 Å². The number of fused-ring (bicyclic) bond motifs is 1. The van der Waals surface area contributed by atoms with Crippen LogP contribution in [0.25, 0.3) is 0 Å². The van der Waals surface area contributed by atoms with E-state index in [1.54, 1.807) is 7.11 Å². The van der Waals surface area contributed by atoms with E-state index in [2.05, 4.69) is 12.1 Å². The number of rotatable bonds is 3. The van der Waals surface area contributed by atoms with Crippen LogP contribution in [0, 0.1) is 5.41 Å². The molecule has 1 aliphatic carbocycles. The number of ether oxygens (including phenoxy) is 1. The Morgan fingerprint density at radius 3 is 2.82 bits per heavy atom. The van der Waals surface area contributed by atoms with Crippen LogP contribution in [0.4, 0.5) is 0 Å². The van der Waals surface area contributed by atoms with E-state index in [1.165, 1.54) is 11.1 Å². The second-order valence-electron chi connectivity index (χ2n) is 5.45. The van der Waals surface area contributed by atoms with E-state index in [-0.39, 0.29) is 5.41 Å². The molecule has 0 fully saturated rings. The molecule has 17 heavy (non-hydrogen) atoms. The molecule has 2 nitrogen and oxygen atoms in total. The Morgan fingerprint density at radius 2 is 2.18 bits per heavy atom. The summed E-state index contributed by atoms with van der Waals surface area (Å²) in [6, 6.07) is 6.24. The molecular weight excluding hydrogens is 212 g/mol. The van der Waals surface area contributed by atoms with E-state index in [9.17, 15) is 4.79 Å². The standard InChI is InChI=1S/C15H20O2/c1-15(2,10-16)14-6-4-5-11-9-12(17-3)7-8-13(11)14/h7-10,14H,4-6H2,1-3H3. The van der Waals surface area contributed by atoms with Gasteiger partial charge in [0.15, 0.2) is 0 Å². The molecule has 0 aromatic heterocycles. The molecule has 0 saturated carbocycles. The topological polar surface area (TPSA) is 26.3 Å². The van der Waals surface area contributed by atoms with Crippen LogP contribution in [-0.4, -0.2) is 13.4 Å². The highest BCUT2D eigenvalue weighted by molar-refractivity contribution is 5.61. The van der Waals surface area contributed by atoms with Crippen molar-refractivity contribution in [3.63, 3.8) is 0 Å². The summed E-state index contributed by atoms with van der Waals surface area (Å²) in [4.78, 5) is 11.2. The second-order valence-corrected chi connectivity index (χ2v) is 5.45.